The van der Waals surface area contributed by atoms with Crippen LogP contribution in [0, 0.1) is 5.41 Å². The van der Waals surface area contributed by atoms with Crippen LogP contribution in [0.25, 0.3) is 0 Å². The van der Waals surface area contributed by atoms with E-state index in [1.807, 2.05) is 24.8 Å². The summed E-state index contributed by atoms with van der Waals surface area (Å²) < 4.78 is 0. The number of hydrogen-bond acceptors (Lipinski definition) is 5. The summed E-state index contributed by atoms with van der Waals surface area (Å²) in [5.41, 5.74) is 11.1. The summed E-state index contributed by atoms with van der Waals surface area (Å²) in [6.45, 7) is 8.82. The number of nitrogens with one attached hydrogen (secondary N) is 3. The van der Waals surface area contributed by atoms with Crippen molar-refractivity contribution in [3.63, 3.8) is 0 Å². The van der Waals surface area contributed by atoms with E-state index in [1.54, 1.807) is 0 Å². The maximum atomic E-state index is 4.68. The molecule has 0 amide bonds. The number of hydrogen-bond donors (Lipinski definition) is 3. The molecule has 1 fully saturated rings. The van der Waals surface area contributed by atoms with Crippen LogP contribution in [0.1, 0.15) is 50.2 Å². The lowest BCUT2D eigenvalue weighted by atomic mass is 9.82. The number of imidazole rings is 1. The van der Waals surface area contributed by atoms with Crippen molar-refractivity contribution in [1.82, 2.24) is 30.7 Å². The van der Waals surface area contributed by atoms with Crippen molar-refractivity contribution in [2.24, 2.45) is 5.41 Å². The van der Waals surface area contributed by atoms with Gasteiger partial charge in [-0.25, -0.2) is 4.98 Å². The summed E-state index contributed by atoms with van der Waals surface area (Å²) in [6.07, 6.45) is 7.77. The Morgan fingerprint density at radius 2 is 2.16 bits per heavy atom. The van der Waals surface area contributed by atoms with Gasteiger partial charge in [-0.3, -0.25) is 20.7 Å². The van der Waals surface area contributed by atoms with Gasteiger partial charge in [0.15, 0.2) is 0 Å². The fraction of sp³-hybridized carbons (Fsp3) is 0.579. The molecule has 0 aromatic carbocycles. The second-order valence-electron chi connectivity index (χ2n) is 8.34. The van der Waals surface area contributed by atoms with Crippen molar-refractivity contribution in [2.45, 2.75) is 58.3 Å². The zero-order valence-electron chi connectivity index (χ0n) is 15.3. The van der Waals surface area contributed by atoms with E-state index in [0.29, 0.717) is 12.1 Å². The van der Waals surface area contributed by atoms with E-state index < -0.39 is 0 Å². The van der Waals surface area contributed by atoms with Gasteiger partial charge in [0.25, 0.3) is 0 Å². The zero-order valence-corrected chi connectivity index (χ0v) is 15.3. The first kappa shape index (κ1) is 16.7. The standard InChI is InChI=1S/C19H28N6/c1-19(2,3)16-9-15(23-24-16)18-17-14(21-12-22-17)6-8-25(18)11-13-5-4-7-20-10-13/h4-5,7,10,12,15-16,18,23-24H,6,8-9,11H2,1-3H3,(H,21,22). The third-order valence-corrected chi connectivity index (χ3v) is 5.54. The summed E-state index contributed by atoms with van der Waals surface area (Å²) in [7, 11) is 0. The molecular formula is C19H28N6. The van der Waals surface area contributed by atoms with Crippen LogP contribution in [-0.4, -0.2) is 38.5 Å². The van der Waals surface area contributed by atoms with Crippen LogP contribution in [0.3, 0.4) is 0 Å². The first-order valence-corrected chi connectivity index (χ1v) is 9.18. The fourth-order valence-electron chi connectivity index (χ4n) is 4.06. The number of fused-ring (bicyclic) bond motifs is 1. The normalized spacial score (nSPS) is 27.4. The van der Waals surface area contributed by atoms with Gasteiger partial charge in [-0.1, -0.05) is 26.8 Å². The average molecular weight is 340 g/mol. The second-order valence-corrected chi connectivity index (χ2v) is 8.34. The number of aromatic nitrogens is 3. The van der Waals surface area contributed by atoms with Gasteiger partial charge < -0.3 is 4.98 Å². The lowest BCUT2D eigenvalue weighted by Crippen LogP contribution is -2.46. The largest absolute Gasteiger partial charge is 0.348 e. The highest BCUT2D eigenvalue weighted by atomic mass is 15.4. The van der Waals surface area contributed by atoms with Crippen LogP contribution < -0.4 is 10.9 Å². The van der Waals surface area contributed by atoms with Gasteiger partial charge in [-0.05, 0) is 23.5 Å². The molecule has 6 nitrogen and oxygen atoms in total. The summed E-state index contributed by atoms with van der Waals surface area (Å²) >= 11 is 0. The van der Waals surface area contributed by atoms with Gasteiger partial charge in [0.1, 0.15) is 0 Å². The highest BCUT2D eigenvalue weighted by Gasteiger charge is 2.42. The molecule has 2 aliphatic heterocycles. The van der Waals surface area contributed by atoms with E-state index >= 15 is 0 Å². The van der Waals surface area contributed by atoms with E-state index in [9.17, 15) is 0 Å². The van der Waals surface area contributed by atoms with Crippen molar-refractivity contribution in [3.8, 4) is 0 Å². The molecule has 6 heteroatoms. The molecule has 0 saturated carbocycles. The van der Waals surface area contributed by atoms with Crippen LogP contribution in [-0.2, 0) is 13.0 Å². The predicted molar refractivity (Wildman–Crippen MR) is 97.6 cm³/mol. The van der Waals surface area contributed by atoms with E-state index in [4.69, 9.17) is 0 Å². The number of rotatable bonds is 3. The smallest absolute Gasteiger partial charge is 0.0925 e. The zero-order chi connectivity index (χ0) is 17.4. The number of pyridine rings is 1. The molecule has 3 N–H and O–H groups in total. The Bertz CT molecular complexity index is 704. The van der Waals surface area contributed by atoms with E-state index in [0.717, 1.165) is 25.9 Å². The molecule has 134 valence electrons. The number of nitrogens with zero attached hydrogens (tertiary/aromatic N) is 3. The molecule has 0 bridgehead atoms. The molecule has 4 rings (SSSR count). The fourth-order valence-corrected chi connectivity index (χ4v) is 4.06. The Morgan fingerprint density at radius 3 is 2.88 bits per heavy atom. The number of hydrazine groups is 1. The van der Waals surface area contributed by atoms with Gasteiger partial charge in [-0.2, -0.15) is 0 Å². The maximum absolute atomic E-state index is 4.68. The molecule has 0 aliphatic carbocycles. The van der Waals surface area contributed by atoms with Crippen LogP contribution in [0.2, 0.25) is 0 Å². The topological polar surface area (TPSA) is 68.9 Å². The van der Waals surface area contributed by atoms with Crippen LogP contribution in [0.5, 0.6) is 0 Å². The minimum absolute atomic E-state index is 0.235. The van der Waals surface area contributed by atoms with Crippen LogP contribution >= 0.6 is 0 Å². The quantitative estimate of drug-likeness (QED) is 0.799. The predicted octanol–water partition coefficient (Wildman–Crippen LogP) is 2.19. The Kier molecular flexibility index (Phi) is 4.35. The summed E-state index contributed by atoms with van der Waals surface area (Å²) in [5, 5.41) is 0. The van der Waals surface area contributed by atoms with Crippen molar-refractivity contribution in [1.29, 1.82) is 0 Å². The number of H-pyrrole nitrogens is 1. The minimum Gasteiger partial charge on any atom is -0.348 e. The van der Waals surface area contributed by atoms with Crippen LogP contribution in [0.15, 0.2) is 30.9 Å². The average Bonchev–Trinajstić information content (AvgIpc) is 3.24. The first-order chi connectivity index (χ1) is 12.0. The van der Waals surface area contributed by atoms with Gasteiger partial charge in [0.2, 0.25) is 0 Å². The monoisotopic (exact) mass is 340 g/mol. The molecule has 2 aromatic heterocycles. The summed E-state index contributed by atoms with van der Waals surface area (Å²) in [6, 6.07) is 5.25. The Morgan fingerprint density at radius 1 is 1.28 bits per heavy atom. The third-order valence-electron chi connectivity index (χ3n) is 5.54. The molecule has 2 aromatic rings. The molecule has 3 unspecified atom stereocenters. The van der Waals surface area contributed by atoms with Gasteiger partial charge in [0, 0.05) is 49.7 Å². The molecule has 1 saturated heterocycles. The Hall–Kier alpha value is -1.76. The third kappa shape index (κ3) is 3.34. The SMILES string of the molecule is CC(C)(C)C1CC(C2c3nc[nH]c3CCN2Cc2cccnc2)NN1. The van der Waals surface area contributed by atoms with E-state index in [-0.39, 0.29) is 11.5 Å². The highest BCUT2D eigenvalue weighted by molar-refractivity contribution is 5.23. The molecule has 4 heterocycles. The van der Waals surface area contributed by atoms with E-state index in [2.05, 4.69) is 57.5 Å². The molecule has 0 spiro atoms. The minimum atomic E-state index is 0.235. The van der Waals surface area contributed by atoms with Crippen molar-refractivity contribution in [2.75, 3.05) is 6.54 Å². The molecule has 25 heavy (non-hydrogen) atoms. The summed E-state index contributed by atoms with van der Waals surface area (Å²) in [5.74, 6) is 0. The lowest BCUT2D eigenvalue weighted by Gasteiger charge is -2.38. The van der Waals surface area contributed by atoms with E-state index in [1.165, 1.54) is 17.0 Å². The molecular weight excluding hydrogens is 312 g/mol. The van der Waals surface area contributed by atoms with Crippen molar-refractivity contribution >= 4 is 0 Å². The second kappa shape index (κ2) is 6.52. The maximum Gasteiger partial charge on any atom is 0.0925 e. The molecule has 0 radical (unpaired) electrons. The Labute approximate surface area is 149 Å². The highest BCUT2D eigenvalue weighted by Crippen LogP contribution is 2.36. The molecule has 2 aliphatic rings. The van der Waals surface area contributed by atoms with Gasteiger partial charge >= 0.3 is 0 Å². The van der Waals surface area contributed by atoms with Crippen LogP contribution in [0.4, 0.5) is 0 Å². The van der Waals surface area contributed by atoms with Crippen molar-refractivity contribution in [3.05, 3.63) is 47.8 Å². The van der Waals surface area contributed by atoms with Crippen molar-refractivity contribution < 1.29 is 0 Å². The Balaban J connectivity index is 1.59. The van der Waals surface area contributed by atoms with Gasteiger partial charge in [0.05, 0.1) is 18.1 Å². The van der Waals surface area contributed by atoms with Gasteiger partial charge in [-0.15, -0.1) is 0 Å². The first-order valence-electron chi connectivity index (χ1n) is 9.18. The molecule has 3 atom stereocenters. The number of aromatic amines is 1. The lowest BCUT2D eigenvalue weighted by molar-refractivity contribution is 0.136. The summed E-state index contributed by atoms with van der Waals surface area (Å²) in [4.78, 5) is 14.8.